The van der Waals surface area contributed by atoms with Gasteiger partial charge >= 0.3 is 6.03 Å². The number of aromatic nitrogens is 1. The number of aryl methyl sites for hydroxylation is 1. The number of nitrogens with zero attached hydrogens (tertiary/aromatic N) is 1. The lowest BCUT2D eigenvalue weighted by atomic mass is 10.3. The first kappa shape index (κ1) is 12.4. The van der Waals surface area contributed by atoms with E-state index in [-0.39, 0.29) is 6.03 Å². The Morgan fingerprint density at radius 1 is 1.44 bits per heavy atom. The average molecular weight is 266 g/mol. The molecule has 1 heterocycles. The van der Waals surface area contributed by atoms with Gasteiger partial charge in [-0.3, -0.25) is 0 Å². The Balaban J connectivity index is 1.85. The molecule has 0 atom stereocenters. The molecular weight excluding hydrogens is 254 g/mol. The largest absolute Gasteiger partial charge is 0.361 e. The van der Waals surface area contributed by atoms with Gasteiger partial charge in [-0.05, 0) is 25.1 Å². The van der Waals surface area contributed by atoms with Crippen molar-refractivity contribution in [1.29, 1.82) is 0 Å². The topological polar surface area (TPSA) is 67.2 Å². The number of urea groups is 1. The summed E-state index contributed by atoms with van der Waals surface area (Å²) in [6.45, 7) is 2.10. The molecule has 1 aromatic heterocycles. The lowest BCUT2D eigenvalue weighted by Gasteiger charge is -2.06. The molecule has 0 aliphatic carbocycles. The first-order valence-corrected chi connectivity index (χ1v) is 5.74. The molecule has 18 heavy (non-hydrogen) atoms. The molecule has 0 aliphatic rings. The van der Waals surface area contributed by atoms with Crippen LogP contribution in [0.5, 0.6) is 0 Å². The second kappa shape index (κ2) is 5.55. The van der Waals surface area contributed by atoms with Crippen LogP contribution in [0.3, 0.4) is 0 Å². The third-order valence-corrected chi connectivity index (χ3v) is 2.42. The highest BCUT2D eigenvalue weighted by atomic mass is 35.5. The lowest BCUT2D eigenvalue weighted by molar-refractivity contribution is 0.251. The van der Waals surface area contributed by atoms with Crippen molar-refractivity contribution in [2.24, 2.45) is 0 Å². The van der Waals surface area contributed by atoms with Crippen molar-refractivity contribution in [2.45, 2.75) is 13.5 Å². The molecule has 0 saturated carbocycles. The van der Waals surface area contributed by atoms with Crippen LogP contribution in [-0.4, -0.2) is 11.2 Å². The van der Waals surface area contributed by atoms with Crippen molar-refractivity contribution in [1.82, 2.24) is 10.5 Å². The summed E-state index contributed by atoms with van der Waals surface area (Å²) >= 11 is 5.81. The van der Waals surface area contributed by atoms with Crippen LogP contribution in [0.2, 0.25) is 5.02 Å². The number of nitrogens with one attached hydrogen (secondary N) is 2. The highest BCUT2D eigenvalue weighted by Gasteiger charge is 2.04. The first-order chi connectivity index (χ1) is 8.63. The second-order valence-electron chi connectivity index (χ2n) is 3.75. The van der Waals surface area contributed by atoms with E-state index < -0.39 is 0 Å². The molecule has 2 aromatic rings. The number of carbonyl (C=O) groups excluding carboxylic acids is 1. The zero-order valence-electron chi connectivity index (χ0n) is 9.74. The maximum atomic E-state index is 11.6. The predicted octanol–water partition coefficient (Wildman–Crippen LogP) is 2.96. The van der Waals surface area contributed by atoms with Gasteiger partial charge in [-0.15, -0.1) is 0 Å². The molecule has 0 radical (unpaired) electrons. The zero-order valence-corrected chi connectivity index (χ0v) is 10.5. The molecule has 0 unspecified atom stereocenters. The zero-order chi connectivity index (χ0) is 13.0. The number of carbonyl (C=O) groups is 1. The smallest absolute Gasteiger partial charge is 0.319 e. The van der Waals surface area contributed by atoms with Crippen LogP contribution >= 0.6 is 11.6 Å². The lowest BCUT2D eigenvalue weighted by Crippen LogP contribution is -2.28. The van der Waals surface area contributed by atoms with Gasteiger partial charge in [0.2, 0.25) is 0 Å². The van der Waals surface area contributed by atoms with E-state index in [1.54, 1.807) is 37.3 Å². The third kappa shape index (κ3) is 3.49. The molecule has 2 rings (SSSR count). The SMILES string of the molecule is Cc1cc(CNC(=O)Nc2cccc(Cl)c2)no1. The first-order valence-electron chi connectivity index (χ1n) is 5.36. The quantitative estimate of drug-likeness (QED) is 0.897. The monoisotopic (exact) mass is 265 g/mol. The molecule has 1 aromatic carbocycles. The van der Waals surface area contributed by atoms with Crippen LogP contribution in [0.4, 0.5) is 10.5 Å². The minimum absolute atomic E-state index is 0.309. The van der Waals surface area contributed by atoms with E-state index in [1.807, 2.05) is 0 Å². The standard InChI is InChI=1S/C12H12ClN3O2/c1-8-5-11(16-18-8)7-14-12(17)15-10-4-2-3-9(13)6-10/h2-6H,7H2,1H3,(H2,14,15,17). The van der Waals surface area contributed by atoms with E-state index in [2.05, 4.69) is 15.8 Å². The van der Waals surface area contributed by atoms with Gasteiger partial charge in [0.1, 0.15) is 11.5 Å². The highest BCUT2D eigenvalue weighted by Crippen LogP contribution is 2.14. The number of hydrogen-bond acceptors (Lipinski definition) is 3. The van der Waals surface area contributed by atoms with Crippen molar-refractivity contribution in [3.05, 3.63) is 46.8 Å². The van der Waals surface area contributed by atoms with Crippen molar-refractivity contribution in [2.75, 3.05) is 5.32 Å². The Kier molecular flexibility index (Phi) is 3.84. The van der Waals surface area contributed by atoms with Gasteiger partial charge in [0.05, 0.1) is 6.54 Å². The fourth-order valence-electron chi connectivity index (χ4n) is 1.41. The van der Waals surface area contributed by atoms with Gasteiger partial charge in [0.25, 0.3) is 0 Å². The summed E-state index contributed by atoms with van der Waals surface area (Å²) in [6, 6.07) is 8.37. The van der Waals surface area contributed by atoms with E-state index in [9.17, 15) is 4.79 Å². The van der Waals surface area contributed by atoms with E-state index in [4.69, 9.17) is 16.1 Å². The summed E-state index contributed by atoms with van der Waals surface area (Å²) in [5, 5.41) is 9.67. The maximum Gasteiger partial charge on any atom is 0.319 e. The molecule has 6 heteroatoms. The van der Waals surface area contributed by atoms with E-state index in [0.29, 0.717) is 28.7 Å². The van der Waals surface area contributed by atoms with Crippen LogP contribution < -0.4 is 10.6 Å². The van der Waals surface area contributed by atoms with Gasteiger partial charge in [-0.2, -0.15) is 0 Å². The molecule has 0 spiro atoms. The molecular formula is C12H12ClN3O2. The van der Waals surface area contributed by atoms with Gasteiger partial charge in [-0.25, -0.2) is 4.79 Å². The van der Waals surface area contributed by atoms with Crippen LogP contribution in [0.25, 0.3) is 0 Å². The summed E-state index contributed by atoms with van der Waals surface area (Å²) in [5.74, 6) is 0.710. The number of halogens is 1. The molecule has 0 bridgehead atoms. The summed E-state index contributed by atoms with van der Waals surface area (Å²) in [6.07, 6.45) is 0. The fourth-order valence-corrected chi connectivity index (χ4v) is 1.60. The Labute approximate surface area is 109 Å². The van der Waals surface area contributed by atoms with Gasteiger partial charge in [-0.1, -0.05) is 22.8 Å². The van der Waals surface area contributed by atoms with E-state index in [1.165, 1.54) is 0 Å². The van der Waals surface area contributed by atoms with E-state index >= 15 is 0 Å². The summed E-state index contributed by atoms with van der Waals surface area (Å²) in [4.78, 5) is 11.6. The molecule has 0 aliphatic heterocycles. The highest BCUT2D eigenvalue weighted by molar-refractivity contribution is 6.30. The van der Waals surface area contributed by atoms with Crippen LogP contribution in [0.1, 0.15) is 11.5 Å². The Hall–Kier alpha value is -2.01. The van der Waals surface area contributed by atoms with Gasteiger partial charge < -0.3 is 15.2 Å². The molecule has 2 amide bonds. The summed E-state index contributed by atoms with van der Waals surface area (Å²) in [5.41, 5.74) is 1.31. The maximum absolute atomic E-state index is 11.6. The van der Waals surface area contributed by atoms with Crippen molar-refractivity contribution in [3.8, 4) is 0 Å². The Bertz CT molecular complexity index is 554. The molecule has 94 valence electrons. The van der Waals surface area contributed by atoms with Crippen molar-refractivity contribution < 1.29 is 9.32 Å². The number of hydrogen-bond donors (Lipinski definition) is 2. The number of anilines is 1. The molecule has 0 fully saturated rings. The molecule has 0 saturated heterocycles. The number of rotatable bonds is 3. The molecule has 2 N–H and O–H groups in total. The Morgan fingerprint density at radius 2 is 2.28 bits per heavy atom. The van der Waals surface area contributed by atoms with Crippen molar-refractivity contribution in [3.63, 3.8) is 0 Å². The summed E-state index contributed by atoms with van der Waals surface area (Å²) in [7, 11) is 0. The van der Waals surface area contributed by atoms with Crippen LogP contribution in [0.15, 0.2) is 34.9 Å². The average Bonchev–Trinajstić information content (AvgIpc) is 2.73. The molecule has 5 nitrogen and oxygen atoms in total. The van der Waals surface area contributed by atoms with Crippen LogP contribution in [0, 0.1) is 6.92 Å². The number of benzene rings is 1. The third-order valence-electron chi connectivity index (χ3n) is 2.19. The fraction of sp³-hybridized carbons (Fsp3) is 0.167. The predicted molar refractivity (Wildman–Crippen MR) is 68.6 cm³/mol. The Morgan fingerprint density at radius 3 is 2.94 bits per heavy atom. The van der Waals surface area contributed by atoms with Gasteiger partial charge in [0, 0.05) is 16.8 Å². The number of amides is 2. The van der Waals surface area contributed by atoms with E-state index in [0.717, 1.165) is 0 Å². The normalized spacial score (nSPS) is 10.1. The van der Waals surface area contributed by atoms with Crippen LogP contribution in [-0.2, 0) is 6.54 Å². The van der Waals surface area contributed by atoms with Crippen molar-refractivity contribution >= 4 is 23.3 Å². The second-order valence-corrected chi connectivity index (χ2v) is 4.18. The minimum atomic E-state index is -0.321. The van der Waals surface area contributed by atoms with Gasteiger partial charge in [0.15, 0.2) is 0 Å². The minimum Gasteiger partial charge on any atom is -0.361 e. The summed E-state index contributed by atoms with van der Waals surface area (Å²) < 4.78 is 4.89.